The van der Waals surface area contributed by atoms with Crippen LogP contribution < -0.4 is 5.32 Å². The standard InChI is InChI=1S/C16H24FNO/c1-11(2)9-16(3,19)10-18-15-8-7-12-13(15)5-4-6-14(12)17/h4-6,11,15,18-19H,7-10H2,1-3H3. The summed E-state index contributed by atoms with van der Waals surface area (Å²) in [4.78, 5) is 0. The van der Waals surface area contributed by atoms with Crippen molar-refractivity contribution in [1.29, 1.82) is 0 Å². The van der Waals surface area contributed by atoms with Gasteiger partial charge in [0.25, 0.3) is 0 Å². The van der Waals surface area contributed by atoms with E-state index in [9.17, 15) is 9.50 Å². The zero-order valence-corrected chi connectivity index (χ0v) is 12.0. The lowest BCUT2D eigenvalue weighted by molar-refractivity contribution is 0.0359. The Labute approximate surface area is 115 Å². The van der Waals surface area contributed by atoms with E-state index in [0.29, 0.717) is 12.5 Å². The molecule has 2 nitrogen and oxygen atoms in total. The number of rotatable bonds is 5. The SMILES string of the molecule is CC(C)CC(C)(O)CNC1CCc2c(F)cccc21. The van der Waals surface area contributed by atoms with Gasteiger partial charge in [0.15, 0.2) is 0 Å². The van der Waals surface area contributed by atoms with Crippen LogP contribution in [0.1, 0.15) is 50.8 Å². The van der Waals surface area contributed by atoms with Crippen LogP contribution in [-0.2, 0) is 6.42 Å². The van der Waals surface area contributed by atoms with E-state index in [1.54, 1.807) is 6.07 Å². The highest BCUT2D eigenvalue weighted by Gasteiger charge is 2.28. The molecule has 1 aromatic rings. The Morgan fingerprint density at radius 3 is 2.89 bits per heavy atom. The van der Waals surface area contributed by atoms with E-state index >= 15 is 0 Å². The summed E-state index contributed by atoms with van der Waals surface area (Å²) < 4.78 is 13.6. The van der Waals surface area contributed by atoms with Gasteiger partial charge in [-0.15, -0.1) is 0 Å². The van der Waals surface area contributed by atoms with Crippen LogP contribution in [0.5, 0.6) is 0 Å². The number of benzene rings is 1. The lowest BCUT2D eigenvalue weighted by atomic mass is 9.94. The average Bonchev–Trinajstić information content (AvgIpc) is 2.69. The number of aliphatic hydroxyl groups is 1. The number of fused-ring (bicyclic) bond motifs is 1. The Bertz CT molecular complexity index is 442. The average molecular weight is 265 g/mol. The molecule has 19 heavy (non-hydrogen) atoms. The first kappa shape index (κ1) is 14.5. The minimum Gasteiger partial charge on any atom is -0.389 e. The number of hydrogen-bond donors (Lipinski definition) is 2. The third-order valence-corrected chi connectivity index (χ3v) is 3.79. The van der Waals surface area contributed by atoms with Crippen molar-refractivity contribution in [2.75, 3.05) is 6.54 Å². The van der Waals surface area contributed by atoms with Crippen molar-refractivity contribution in [2.24, 2.45) is 5.92 Å². The molecule has 0 spiro atoms. The van der Waals surface area contributed by atoms with Gasteiger partial charge in [-0.1, -0.05) is 26.0 Å². The van der Waals surface area contributed by atoms with Crippen molar-refractivity contribution in [3.8, 4) is 0 Å². The van der Waals surface area contributed by atoms with Crippen molar-refractivity contribution in [1.82, 2.24) is 5.32 Å². The van der Waals surface area contributed by atoms with Gasteiger partial charge in [0.1, 0.15) is 5.82 Å². The maximum absolute atomic E-state index is 13.6. The molecular formula is C16H24FNO. The lowest BCUT2D eigenvalue weighted by Gasteiger charge is -2.27. The second-order valence-electron chi connectivity index (χ2n) is 6.37. The summed E-state index contributed by atoms with van der Waals surface area (Å²) >= 11 is 0. The molecule has 0 amide bonds. The van der Waals surface area contributed by atoms with E-state index in [-0.39, 0.29) is 11.9 Å². The minimum atomic E-state index is -0.704. The fourth-order valence-electron chi connectivity index (χ4n) is 3.12. The van der Waals surface area contributed by atoms with Crippen molar-refractivity contribution in [3.63, 3.8) is 0 Å². The zero-order chi connectivity index (χ0) is 14.0. The first-order valence-electron chi connectivity index (χ1n) is 7.12. The molecule has 1 aliphatic carbocycles. The molecule has 0 heterocycles. The summed E-state index contributed by atoms with van der Waals surface area (Å²) in [6.07, 6.45) is 2.46. The van der Waals surface area contributed by atoms with Gasteiger partial charge in [0.2, 0.25) is 0 Å². The second kappa shape index (κ2) is 5.59. The summed E-state index contributed by atoms with van der Waals surface area (Å²) in [6.45, 7) is 6.62. The maximum Gasteiger partial charge on any atom is 0.126 e. The van der Waals surface area contributed by atoms with Crippen LogP contribution in [0.3, 0.4) is 0 Å². The molecule has 0 saturated carbocycles. The van der Waals surface area contributed by atoms with Gasteiger partial charge in [0, 0.05) is 12.6 Å². The van der Waals surface area contributed by atoms with Crippen LogP contribution in [-0.4, -0.2) is 17.3 Å². The maximum atomic E-state index is 13.6. The van der Waals surface area contributed by atoms with Gasteiger partial charge in [-0.3, -0.25) is 0 Å². The first-order valence-corrected chi connectivity index (χ1v) is 7.12. The molecule has 0 bridgehead atoms. The Morgan fingerprint density at radius 1 is 1.47 bits per heavy atom. The molecule has 3 heteroatoms. The van der Waals surface area contributed by atoms with Gasteiger partial charge in [0.05, 0.1) is 5.60 Å². The predicted octanol–water partition coefficient (Wildman–Crippen LogP) is 3.20. The third-order valence-electron chi connectivity index (χ3n) is 3.79. The Balaban J connectivity index is 1.98. The van der Waals surface area contributed by atoms with Crippen LogP contribution in [0, 0.1) is 11.7 Å². The Hall–Kier alpha value is -0.930. The molecule has 1 aromatic carbocycles. The van der Waals surface area contributed by atoms with E-state index in [4.69, 9.17) is 0 Å². The molecule has 106 valence electrons. The normalized spacial score (nSPS) is 21.5. The minimum absolute atomic E-state index is 0.101. The highest BCUT2D eigenvalue weighted by Crippen LogP contribution is 2.33. The van der Waals surface area contributed by atoms with Crippen molar-refractivity contribution in [3.05, 3.63) is 35.1 Å². The Kier molecular flexibility index (Phi) is 4.26. The van der Waals surface area contributed by atoms with Gasteiger partial charge >= 0.3 is 0 Å². The smallest absolute Gasteiger partial charge is 0.126 e. The van der Waals surface area contributed by atoms with E-state index in [2.05, 4.69) is 19.2 Å². The molecule has 0 radical (unpaired) electrons. The molecule has 2 unspecified atom stereocenters. The highest BCUT2D eigenvalue weighted by molar-refractivity contribution is 5.35. The third kappa shape index (κ3) is 3.54. The number of nitrogens with one attached hydrogen (secondary N) is 1. The number of hydrogen-bond acceptors (Lipinski definition) is 2. The van der Waals surface area contributed by atoms with Gasteiger partial charge < -0.3 is 10.4 Å². The van der Waals surface area contributed by atoms with E-state index in [1.165, 1.54) is 6.07 Å². The summed E-state index contributed by atoms with van der Waals surface area (Å²) in [5, 5.41) is 13.7. The molecule has 0 aliphatic heterocycles. The van der Waals surface area contributed by atoms with Crippen LogP contribution in [0.2, 0.25) is 0 Å². The topological polar surface area (TPSA) is 32.3 Å². The molecule has 0 aromatic heterocycles. The van der Waals surface area contributed by atoms with Crippen molar-refractivity contribution < 1.29 is 9.50 Å². The largest absolute Gasteiger partial charge is 0.389 e. The van der Waals surface area contributed by atoms with Crippen molar-refractivity contribution >= 4 is 0 Å². The molecule has 1 aliphatic rings. The molecular weight excluding hydrogens is 241 g/mol. The van der Waals surface area contributed by atoms with Crippen LogP contribution in [0.15, 0.2) is 18.2 Å². The summed E-state index contributed by atoms with van der Waals surface area (Å²) in [7, 11) is 0. The summed E-state index contributed by atoms with van der Waals surface area (Å²) in [5.74, 6) is 0.362. The fourth-order valence-corrected chi connectivity index (χ4v) is 3.12. The quantitative estimate of drug-likeness (QED) is 0.857. The monoisotopic (exact) mass is 265 g/mol. The molecule has 2 rings (SSSR count). The van der Waals surface area contributed by atoms with Crippen LogP contribution in [0.25, 0.3) is 0 Å². The van der Waals surface area contributed by atoms with E-state index in [0.717, 1.165) is 30.4 Å². The van der Waals surface area contributed by atoms with Gasteiger partial charge in [-0.25, -0.2) is 4.39 Å². The molecule has 2 N–H and O–H groups in total. The molecule has 0 fully saturated rings. The number of halogens is 1. The lowest BCUT2D eigenvalue weighted by Crippen LogP contribution is -2.40. The highest BCUT2D eigenvalue weighted by atomic mass is 19.1. The van der Waals surface area contributed by atoms with Crippen LogP contribution in [0.4, 0.5) is 4.39 Å². The van der Waals surface area contributed by atoms with E-state index < -0.39 is 5.60 Å². The Morgan fingerprint density at radius 2 is 2.21 bits per heavy atom. The van der Waals surface area contributed by atoms with Crippen molar-refractivity contribution in [2.45, 2.75) is 51.7 Å². The summed E-state index contributed by atoms with van der Waals surface area (Å²) in [6, 6.07) is 5.45. The van der Waals surface area contributed by atoms with Gasteiger partial charge in [-0.05, 0) is 49.3 Å². The van der Waals surface area contributed by atoms with Crippen LogP contribution >= 0.6 is 0 Å². The molecule has 2 atom stereocenters. The van der Waals surface area contributed by atoms with E-state index in [1.807, 2.05) is 13.0 Å². The zero-order valence-electron chi connectivity index (χ0n) is 12.0. The summed E-state index contributed by atoms with van der Waals surface area (Å²) in [5.41, 5.74) is 1.19. The second-order valence-corrected chi connectivity index (χ2v) is 6.37. The van der Waals surface area contributed by atoms with Gasteiger partial charge in [-0.2, -0.15) is 0 Å². The first-order chi connectivity index (χ1) is 8.89. The fraction of sp³-hybridized carbons (Fsp3) is 0.625. The predicted molar refractivity (Wildman–Crippen MR) is 75.5 cm³/mol. The molecule has 0 saturated heterocycles.